The minimum Gasteiger partial charge on any atom is -0.444 e. The van der Waals surface area contributed by atoms with Gasteiger partial charge in [0, 0.05) is 13.1 Å². The largest absolute Gasteiger partial charge is 0.444 e. The van der Waals surface area contributed by atoms with E-state index in [0.717, 1.165) is 0 Å². The summed E-state index contributed by atoms with van der Waals surface area (Å²) >= 11 is 0. The van der Waals surface area contributed by atoms with Gasteiger partial charge in [0.25, 0.3) is 0 Å². The number of hydrogen-bond acceptors (Lipinski definition) is 4. The van der Waals surface area contributed by atoms with Crippen LogP contribution in [-0.2, 0) is 14.4 Å². The summed E-state index contributed by atoms with van der Waals surface area (Å²) in [7, 11) is 1.39. The average molecular weight is 244 g/mol. The number of carbonyl (C=O) groups excluding carboxylic acids is 2. The number of likely N-dealkylation sites (tertiary alicyclic amines) is 1. The molecule has 0 aromatic rings. The van der Waals surface area contributed by atoms with Crippen LogP contribution < -0.4 is 5.48 Å². The molecule has 1 aliphatic rings. The van der Waals surface area contributed by atoms with Gasteiger partial charge in [-0.15, -0.1) is 0 Å². The molecule has 17 heavy (non-hydrogen) atoms. The summed E-state index contributed by atoms with van der Waals surface area (Å²) in [5.41, 5.74) is 1.77. The third-order valence-corrected chi connectivity index (χ3v) is 2.41. The van der Waals surface area contributed by atoms with Crippen LogP contribution in [0.2, 0.25) is 0 Å². The van der Waals surface area contributed by atoms with Crippen molar-refractivity contribution >= 4 is 12.0 Å². The first-order valence-electron chi connectivity index (χ1n) is 5.64. The van der Waals surface area contributed by atoms with E-state index in [-0.39, 0.29) is 17.9 Å². The van der Waals surface area contributed by atoms with Gasteiger partial charge in [-0.2, -0.15) is 0 Å². The summed E-state index contributed by atoms with van der Waals surface area (Å²) in [6.07, 6.45) is 0.263. The highest BCUT2D eigenvalue weighted by atomic mass is 16.6. The molecule has 1 fully saturated rings. The predicted octanol–water partition coefficient (Wildman–Crippen LogP) is 0.921. The molecule has 0 saturated carbocycles. The van der Waals surface area contributed by atoms with Crippen LogP contribution in [0, 0.1) is 5.92 Å². The smallest absolute Gasteiger partial charge is 0.410 e. The van der Waals surface area contributed by atoms with Gasteiger partial charge in [0.1, 0.15) is 5.60 Å². The number of carbonyl (C=O) groups is 2. The molecule has 1 saturated heterocycles. The molecule has 0 unspecified atom stereocenters. The highest BCUT2D eigenvalue weighted by molar-refractivity contribution is 5.79. The van der Waals surface area contributed by atoms with Gasteiger partial charge < -0.3 is 9.64 Å². The van der Waals surface area contributed by atoms with Crippen molar-refractivity contribution in [2.24, 2.45) is 5.92 Å². The van der Waals surface area contributed by atoms with E-state index in [1.54, 1.807) is 4.90 Å². The third kappa shape index (κ3) is 4.22. The van der Waals surface area contributed by atoms with Crippen LogP contribution in [-0.4, -0.2) is 42.7 Å². The molecule has 1 N–H and O–H groups in total. The molecule has 1 atom stereocenters. The molecule has 6 heteroatoms. The van der Waals surface area contributed by atoms with Crippen molar-refractivity contribution in [1.29, 1.82) is 0 Å². The Labute approximate surface area is 101 Å². The molecule has 1 aliphatic heterocycles. The van der Waals surface area contributed by atoms with Crippen LogP contribution in [0.5, 0.6) is 0 Å². The SMILES string of the molecule is CONC(=O)[C@@H]1CCN(C(=O)OC(C)(C)C)C1. The fraction of sp³-hybridized carbons (Fsp3) is 0.818. The van der Waals surface area contributed by atoms with E-state index in [0.29, 0.717) is 19.5 Å². The predicted molar refractivity (Wildman–Crippen MR) is 61.1 cm³/mol. The number of rotatable bonds is 2. The number of nitrogens with one attached hydrogen (secondary N) is 1. The zero-order chi connectivity index (χ0) is 13.1. The van der Waals surface area contributed by atoms with Crippen molar-refractivity contribution in [2.45, 2.75) is 32.8 Å². The molecular formula is C11H20N2O4. The lowest BCUT2D eigenvalue weighted by Gasteiger charge is -2.24. The van der Waals surface area contributed by atoms with Gasteiger partial charge in [-0.25, -0.2) is 10.3 Å². The lowest BCUT2D eigenvalue weighted by molar-refractivity contribution is -0.135. The fourth-order valence-electron chi connectivity index (χ4n) is 1.65. The molecule has 0 radical (unpaired) electrons. The maximum atomic E-state index is 11.7. The van der Waals surface area contributed by atoms with Crippen LogP contribution in [0.15, 0.2) is 0 Å². The van der Waals surface area contributed by atoms with Crippen LogP contribution >= 0.6 is 0 Å². The Morgan fingerprint density at radius 1 is 1.35 bits per heavy atom. The van der Waals surface area contributed by atoms with Gasteiger partial charge >= 0.3 is 6.09 Å². The van der Waals surface area contributed by atoms with E-state index in [9.17, 15) is 9.59 Å². The molecule has 6 nitrogen and oxygen atoms in total. The summed E-state index contributed by atoms with van der Waals surface area (Å²) in [6.45, 7) is 6.36. The van der Waals surface area contributed by atoms with E-state index in [1.807, 2.05) is 20.8 Å². The first-order chi connectivity index (χ1) is 7.83. The molecule has 2 amide bonds. The topological polar surface area (TPSA) is 67.9 Å². The van der Waals surface area contributed by atoms with Gasteiger partial charge in [0.05, 0.1) is 13.0 Å². The first-order valence-corrected chi connectivity index (χ1v) is 5.64. The van der Waals surface area contributed by atoms with Crippen molar-refractivity contribution in [3.63, 3.8) is 0 Å². The highest BCUT2D eigenvalue weighted by Gasteiger charge is 2.33. The molecule has 0 aliphatic carbocycles. The second kappa shape index (κ2) is 5.35. The molecule has 1 heterocycles. The van der Waals surface area contributed by atoms with Crippen LogP contribution in [0.4, 0.5) is 4.79 Å². The van der Waals surface area contributed by atoms with Crippen molar-refractivity contribution in [3.8, 4) is 0 Å². The lowest BCUT2D eigenvalue weighted by atomic mass is 10.1. The van der Waals surface area contributed by atoms with Crippen LogP contribution in [0.1, 0.15) is 27.2 Å². The highest BCUT2D eigenvalue weighted by Crippen LogP contribution is 2.19. The Morgan fingerprint density at radius 3 is 2.53 bits per heavy atom. The summed E-state index contributed by atoms with van der Waals surface area (Å²) in [6, 6.07) is 0. The minimum absolute atomic E-state index is 0.196. The van der Waals surface area contributed by atoms with Crippen LogP contribution in [0.3, 0.4) is 0 Å². The number of nitrogens with zero attached hydrogens (tertiary/aromatic N) is 1. The molecule has 1 rings (SSSR count). The van der Waals surface area contributed by atoms with Gasteiger partial charge in [-0.05, 0) is 27.2 Å². The Hall–Kier alpha value is -1.30. The second-order valence-corrected chi connectivity index (χ2v) is 5.08. The normalized spacial score (nSPS) is 20.2. The van der Waals surface area contributed by atoms with Crippen molar-refractivity contribution < 1.29 is 19.2 Å². The van der Waals surface area contributed by atoms with E-state index >= 15 is 0 Å². The number of hydroxylamine groups is 1. The molecule has 98 valence electrons. The molecule has 0 aromatic carbocycles. The third-order valence-electron chi connectivity index (χ3n) is 2.41. The van der Waals surface area contributed by atoms with Gasteiger partial charge in [0.2, 0.25) is 5.91 Å². The van der Waals surface area contributed by atoms with E-state index in [1.165, 1.54) is 7.11 Å². The van der Waals surface area contributed by atoms with Crippen LogP contribution in [0.25, 0.3) is 0 Å². The minimum atomic E-state index is -0.510. The Morgan fingerprint density at radius 2 is 2.00 bits per heavy atom. The second-order valence-electron chi connectivity index (χ2n) is 5.08. The fourth-order valence-corrected chi connectivity index (χ4v) is 1.65. The Kier molecular flexibility index (Phi) is 4.34. The number of amides is 2. The Bertz CT molecular complexity index is 298. The lowest BCUT2D eigenvalue weighted by Crippen LogP contribution is -2.37. The van der Waals surface area contributed by atoms with Gasteiger partial charge in [0.15, 0.2) is 0 Å². The summed E-state index contributed by atoms with van der Waals surface area (Å²) in [5, 5.41) is 0. The van der Waals surface area contributed by atoms with Crippen molar-refractivity contribution in [1.82, 2.24) is 10.4 Å². The molecule has 0 aromatic heterocycles. The van der Waals surface area contributed by atoms with Gasteiger partial charge in [-0.3, -0.25) is 9.63 Å². The average Bonchev–Trinajstić information content (AvgIpc) is 2.63. The standard InChI is InChI=1S/C11H20N2O4/c1-11(2,3)17-10(15)13-6-5-8(7-13)9(14)12-16-4/h8H,5-7H2,1-4H3,(H,12,14)/t8-/m1/s1. The van der Waals surface area contributed by atoms with Crippen molar-refractivity contribution in [3.05, 3.63) is 0 Å². The summed E-state index contributed by atoms with van der Waals surface area (Å²) < 4.78 is 5.23. The quantitative estimate of drug-likeness (QED) is 0.733. The summed E-state index contributed by atoms with van der Waals surface area (Å²) in [4.78, 5) is 29.3. The van der Waals surface area contributed by atoms with E-state index in [4.69, 9.17) is 4.74 Å². The van der Waals surface area contributed by atoms with Gasteiger partial charge in [-0.1, -0.05) is 0 Å². The van der Waals surface area contributed by atoms with E-state index < -0.39 is 5.60 Å². The number of ether oxygens (including phenoxy) is 1. The molecular weight excluding hydrogens is 224 g/mol. The monoisotopic (exact) mass is 244 g/mol. The molecule has 0 bridgehead atoms. The zero-order valence-corrected chi connectivity index (χ0v) is 10.8. The maximum Gasteiger partial charge on any atom is 0.410 e. The van der Waals surface area contributed by atoms with Crippen molar-refractivity contribution in [2.75, 3.05) is 20.2 Å². The number of hydrogen-bond donors (Lipinski definition) is 1. The van der Waals surface area contributed by atoms with E-state index in [2.05, 4.69) is 10.3 Å². The summed E-state index contributed by atoms with van der Waals surface area (Å²) in [5.74, 6) is -0.416. The maximum absolute atomic E-state index is 11.7. The first kappa shape index (κ1) is 13.8. The Balaban J connectivity index is 2.45. The zero-order valence-electron chi connectivity index (χ0n) is 10.8. The molecule has 0 spiro atoms.